The predicted molar refractivity (Wildman–Crippen MR) is 58.0 cm³/mol. The van der Waals surface area contributed by atoms with E-state index in [0.29, 0.717) is 12.6 Å². The molecule has 0 spiro atoms. The lowest BCUT2D eigenvalue weighted by molar-refractivity contribution is 0.178. The first-order chi connectivity index (χ1) is 6.25. The van der Waals surface area contributed by atoms with E-state index in [1.54, 1.807) is 11.3 Å². The zero-order valence-corrected chi connectivity index (χ0v) is 9.57. The van der Waals surface area contributed by atoms with Crippen LogP contribution < -0.4 is 5.32 Å². The van der Waals surface area contributed by atoms with Crippen molar-refractivity contribution >= 4 is 27.3 Å². The third kappa shape index (κ3) is 2.77. The van der Waals surface area contributed by atoms with E-state index in [1.807, 2.05) is 11.4 Å². The average Bonchev–Trinajstić information content (AvgIpc) is 2.84. The van der Waals surface area contributed by atoms with Crippen molar-refractivity contribution in [1.29, 1.82) is 0 Å². The lowest BCUT2D eigenvalue weighted by Crippen LogP contribution is -2.22. The summed E-state index contributed by atoms with van der Waals surface area (Å²) in [6.45, 7) is 0.678. The Kier molecular flexibility index (Phi) is 3.03. The summed E-state index contributed by atoms with van der Waals surface area (Å²) in [5.41, 5.74) is 0. The van der Waals surface area contributed by atoms with Gasteiger partial charge >= 0.3 is 0 Å². The molecule has 13 heavy (non-hydrogen) atoms. The van der Waals surface area contributed by atoms with Gasteiger partial charge in [-0.2, -0.15) is 0 Å². The third-order valence-electron chi connectivity index (χ3n) is 2.09. The van der Waals surface area contributed by atoms with Gasteiger partial charge in [0, 0.05) is 27.3 Å². The Morgan fingerprint density at radius 1 is 1.69 bits per heavy atom. The molecule has 1 aromatic rings. The fraction of sp³-hybridized carbons (Fsp3) is 0.556. The van der Waals surface area contributed by atoms with Crippen LogP contribution in [-0.2, 0) is 0 Å². The first kappa shape index (κ1) is 9.65. The first-order valence-electron chi connectivity index (χ1n) is 4.41. The molecule has 1 saturated carbocycles. The predicted octanol–water partition coefficient (Wildman–Crippen LogP) is 2.30. The number of halogens is 1. The lowest BCUT2D eigenvalue weighted by atomic mass is 10.3. The molecule has 1 aliphatic carbocycles. The summed E-state index contributed by atoms with van der Waals surface area (Å²) in [4.78, 5) is 1.03. The van der Waals surface area contributed by atoms with Crippen LogP contribution in [0.5, 0.6) is 0 Å². The van der Waals surface area contributed by atoms with Gasteiger partial charge in [0.05, 0.1) is 0 Å². The Morgan fingerprint density at radius 2 is 2.46 bits per heavy atom. The van der Waals surface area contributed by atoms with E-state index in [4.69, 9.17) is 0 Å². The average molecular weight is 262 g/mol. The molecule has 1 fully saturated rings. The topological polar surface area (TPSA) is 32.3 Å². The molecule has 2 rings (SSSR count). The molecule has 1 aromatic heterocycles. The highest BCUT2D eigenvalue weighted by Gasteiger charge is 2.21. The van der Waals surface area contributed by atoms with Gasteiger partial charge in [-0.25, -0.2) is 0 Å². The second kappa shape index (κ2) is 4.09. The second-order valence-electron chi connectivity index (χ2n) is 3.37. The normalized spacial score (nSPS) is 18.9. The van der Waals surface area contributed by atoms with E-state index < -0.39 is 0 Å². The monoisotopic (exact) mass is 261 g/mol. The maximum atomic E-state index is 9.74. The third-order valence-corrected chi connectivity index (χ3v) is 3.89. The second-order valence-corrected chi connectivity index (χ2v) is 5.22. The fourth-order valence-electron chi connectivity index (χ4n) is 1.17. The van der Waals surface area contributed by atoms with E-state index in [0.717, 1.165) is 9.35 Å². The molecule has 0 radical (unpaired) electrons. The highest BCUT2D eigenvalue weighted by Crippen LogP contribution is 2.26. The Morgan fingerprint density at radius 3 is 3.00 bits per heavy atom. The Bertz CT molecular complexity index is 285. The summed E-state index contributed by atoms with van der Waals surface area (Å²) in [5, 5.41) is 15.0. The SMILES string of the molecule is OC(CNC1CC1)c1cc(Br)cs1. The number of aliphatic hydroxyl groups excluding tert-OH is 1. The van der Waals surface area contributed by atoms with Crippen LogP contribution in [0.25, 0.3) is 0 Å². The van der Waals surface area contributed by atoms with E-state index in [-0.39, 0.29) is 6.10 Å². The van der Waals surface area contributed by atoms with Crippen molar-refractivity contribution < 1.29 is 5.11 Å². The van der Waals surface area contributed by atoms with Gasteiger partial charge in [0.2, 0.25) is 0 Å². The minimum absolute atomic E-state index is 0.350. The molecule has 4 heteroatoms. The molecule has 1 aliphatic rings. The summed E-state index contributed by atoms with van der Waals surface area (Å²) in [7, 11) is 0. The van der Waals surface area contributed by atoms with Crippen LogP contribution in [0.3, 0.4) is 0 Å². The molecule has 1 unspecified atom stereocenters. The van der Waals surface area contributed by atoms with Crippen molar-refractivity contribution in [3.8, 4) is 0 Å². The quantitative estimate of drug-likeness (QED) is 0.872. The molecule has 1 atom stereocenters. The number of hydrogen-bond acceptors (Lipinski definition) is 3. The van der Waals surface area contributed by atoms with Crippen molar-refractivity contribution in [3.05, 3.63) is 20.8 Å². The van der Waals surface area contributed by atoms with E-state index in [2.05, 4.69) is 21.2 Å². The maximum absolute atomic E-state index is 9.74. The number of aliphatic hydroxyl groups is 1. The summed E-state index contributed by atoms with van der Waals surface area (Å²) < 4.78 is 1.05. The van der Waals surface area contributed by atoms with Gasteiger partial charge in [-0.1, -0.05) is 0 Å². The van der Waals surface area contributed by atoms with Crippen LogP contribution in [0.4, 0.5) is 0 Å². The van der Waals surface area contributed by atoms with E-state index in [1.165, 1.54) is 12.8 Å². The molecule has 0 amide bonds. The van der Waals surface area contributed by atoms with Crippen molar-refractivity contribution in [1.82, 2.24) is 5.32 Å². The summed E-state index contributed by atoms with van der Waals surface area (Å²) >= 11 is 4.96. The molecule has 0 bridgehead atoms. The number of hydrogen-bond donors (Lipinski definition) is 2. The molecule has 0 saturated heterocycles. The van der Waals surface area contributed by atoms with Gasteiger partial charge in [-0.05, 0) is 34.8 Å². The first-order valence-corrected chi connectivity index (χ1v) is 6.08. The van der Waals surface area contributed by atoms with Gasteiger partial charge in [0.15, 0.2) is 0 Å². The van der Waals surface area contributed by atoms with Crippen LogP contribution >= 0.6 is 27.3 Å². The Balaban J connectivity index is 1.84. The van der Waals surface area contributed by atoms with Crippen LogP contribution in [0, 0.1) is 0 Å². The summed E-state index contributed by atoms with van der Waals surface area (Å²) in [6.07, 6.45) is 2.18. The molecular formula is C9H12BrNOS. The van der Waals surface area contributed by atoms with Crippen molar-refractivity contribution in [2.24, 2.45) is 0 Å². The van der Waals surface area contributed by atoms with Crippen LogP contribution in [-0.4, -0.2) is 17.7 Å². The highest BCUT2D eigenvalue weighted by molar-refractivity contribution is 9.10. The van der Waals surface area contributed by atoms with Gasteiger partial charge < -0.3 is 10.4 Å². The van der Waals surface area contributed by atoms with E-state index >= 15 is 0 Å². The molecule has 0 aliphatic heterocycles. The molecule has 2 N–H and O–H groups in total. The fourth-order valence-corrected chi connectivity index (χ4v) is 2.60. The minimum atomic E-state index is -0.350. The zero-order chi connectivity index (χ0) is 9.26. The number of nitrogens with one attached hydrogen (secondary N) is 1. The smallest absolute Gasteiger partial charge is 0.101 e. The standard InChI is InChI=1S/C9H12BrNOS/c10-6-3-9(13-5-6)8(12)4-11-7-1-2-7/h3,5,7-8,11-12H,1-2,4H2. The van der Waals surface area contributed by atoms with Gasteiger partial charge in [0.1, 0.15) is 6.10 Å². The molecule has 72 valence electrons. The zero-order valence-electron chi connectivity index (χ0n) is 7.16. The largest absolute Gasteiger partial charge is 0.386 e. The van der Waals surface area contributed by atoms with Gasteiger partial charge in [-0.15, -0.1) is 11.3 Å². The van der Waals surface area contributed by atoms with E-state index in [9.17, 15) is 5.11 Å². The summed E-state index contributed by atoms with van der Waals surface area (Å²) in [6, 6.07) is 2.64. The summed E-state index contributed by atoms with van der Waals surface area (Å²) in [5.74, 6) is 0. The van der Waals surface area contributed by atoms with Crippen molar-refractivity contribution in [2.75, 3.05) is 6.54 Å². The Hall–Kier alpha value is 0.1000. The molecular weight excluding hydrogens is 250 g/mol. The van der Waals surface area contributed by atoms with Gasteiger partial charge in [0.25, 0.3) is 0 Å². The maximum Gasteiger partial charge on any atom is 0.101 e. The molecule has 0 aromatic carbocycles. The number of thiophene rings is 1. The minimum Gasteiger partial charge on any atom is -0.386 e. The molecule has 1 heterocycles. The van der Waals surface area contributed by atoms with Crippen LogP contribution in [0.15, 0.2) is 15.9 Å². The molecule has 2 nitrogen and oxygen atoms in total. The van der Waals surface area contributed by atoms with Crippen LogP contribution in [0.2, 0.25) is 0 Å². The van der Waals surface area contributed by atoms with Gasteiger partial charge in [-0.3, -0.25) is 0 Å². The number of rotatable bonds is 4. The lowest BCUT2D eigenvalue weighted by Gasteiger charge is -2.08. The highest BCUT2D eigenvalue weighted by atomic mass is 79.9. The van der Waals surface area contributed by atoms with Crippen molar-refractivity contribution in [3.63, 3.8) is 0 Å². The Labute approximate surface area is 90.1 Å². The van der Waals surface area contributed by atoms with Crippen molar-refractivity contribution in [2.45, 2.75) is 25.0 Å². The van der Waals surface area contributed by atoms with Crippen LogP contribution in [0.1, 0.15) is 23.8 Å².